The fourth-order valence-electron chi connectivity index (χ4n) is 3.13. The smallest absolute Gasteiger partial charge is 0.258 e. The Bertz CT molecular complexity index is 746. The predicted molar refractivity (Wildman–Crippen MR) is 95.2 cm³/mol. The van der Waals surface area contributed by atoms with Crippen molar-refractivity contribution in [2.45, 2.75) is 18.9 Å². The van der Waals surface area contributed by atoms with Crippen LogP contribution >= 0.6 is 0 Å². The Morgan fingerprint density at radius 2 is 1.84 bits per heavy atom. The van der Waals surface area contributed by atoms with Crippen molar-refractivity contribution in [2.75, 3.05) is 20.2 Å². The molecule has 1 atom stereocenters. The van der Waals surface area contributed by atoms with Gasteiger partial charge in [0.2, 0.25) is 5.91 Å². The molecule has 0 spiro atoms. The molecule has 130 valence electrons. The molecule has 0 bridgehead atoms. The highest BCUT2D eigenvalue weighted by molar-refractivity contribution is 5.85. The zero-order chi connectivity index (χ0) is 17.6. The van der Waals surface area contributed by atoms with Crippen molar-refractivity contribution in [3.8, 4) is 5.75 Å². The van der Waals surface area contributed by atoms with Gasteiger partial charge in [0.15, 0.2) is 6.61 Å². The van der Waals surface area contributed by atoms with Gasteiger partial charge in [-0.2, -0.15) is 0 Å². The molecule has 2 aromatic carbocycles. The summed E-state index contributed by atoms with van der Waals surface area (Å²) in [6.07, 6.45) is 1.91. The number of fused-ring (bicyclic) bond motifs is 1. The van der Waals surface area contributed by atoms with Crippen LogP contribution < -0.4 is 10.1 Å². The van der Waals surface area contributed by atoms with Crippen LogP contribution in [0.15, 0.2) is 54.6 Å². The lowest BCUT2D eigenvalue weighted by molar-refractivity contribution is -0.134. The van der Waals surface area contributed by atoms with Gasteiger partial charge in [-0.25, -0.2) is 0 Å². The van der Waals surface area contributed by atoms with Crippen LogP contribution in [0.25, 0.3) is 0 Å². The zero-order valence-corrected chi connectivity index (χ0v) is 14.3. The lowest BCUT2D eigenvalue weighted by Crippen LogP contribution is -2.40. The summed E-state index contributed by atoms with van der Waals surface area (Å²) in [6.45, 7) is -0.126. The van der Waals surface area contributed by atoms with Crippen molar-refractivity contribution in [1.82, 2.24) is 10.2 Å². The summed E-state index contributed by atoms with van der Waals surface area (Å²) in [6, 6.07) is 17.4. The highest BCUT2D eigenvalue weighted by Gasteiger charge is 2.28. The van der Waals surface area contributed by atoms with Crippen LogP contribution in [-0.4, -0.2) is 36.9 Å². The number of aryl methyl sites for hydroxylation is 1. The molecule has 3 rings (SSSR count). The Hall–Kier alpha value is -2.82. The summed E-state index contributed by atoms with van der Waals surface area (Å²) in [5, 5.41) is 2.63. The number of ether oxygens (including phenoxy) is 1. The van der Waals surface area contributed by atoms with Gasteiger partial charge in [0.05, 0.1) is 12.6 Å². The number of carbonyl (C=O) groups is 2. The van der Waals surface area contributed by atoms with Crippen LogP contribution in [0.2, 0.25) is 0 Å². The topological polar surface area (TPSA) is 58.6 Å². The molecule has 0 aliphatic heterocycles. The molecule has 0 radical (unpaired) electrons. The number of nitrogens with zero attached hydrogens (tertiary/aromatic N) is 1. The molecule has 1 aliphatic rings. The third kappa shape index (κ3) is 4.18. The minimum atomic E-state index is -0.308. The van der Waals surface area contributed by atoms with Gasteiger partial charge < -0.3 is 15.0 Å². The molecule has 5 nitrogen and oxygen atoms in total. The molecule has 1 aliphatic carbocycles. The maximum atomic E-state index is 12.4. The van der Waals surface area contributed by atoms with E-state index in [1.807, 2.05) is 30.3 Å². The predicted octanol–water partition coefficient (Wildman–Crippen LogP) is 2.33. The fraction of sp³-hybridized carbons (Fsp3) is 0.300. The van der Waals surface area contributed by atoms with Crippen molar-refractivity contribution in [3.05, 3.63) is 65.7 Å². The van der Waals surface area contributed by atoms with Crippen LogP contribution in [0.4, 0.5) is 0 Å². The summed E-state index contributed by atoms with van der Waals surface area (Å²) >= 11 is 0. The number of amides is 2. The average molecular weight is 338 g/mol. The molecule has 25 heavy (non-hydrogen) atoms. The average Bonchev–Trinajstić information content (AvgIpc) is 3.08. The van der Waals surface area contributed by atoms with Gasteiger partial charge in [-0.3, -0.25) is 9.59 Å². The van der Waals surface area contributed by atoms with Crippen LogP contribution in [-0.2, 0) is 16.0 Å². The SMILES string of the molecule is CN(C(=O)CNC(=O)COc1ccccc1)C1CCc2ccccc21. The Morgan fingerprint density at radius 1 is 1.12 bits per heavy atom. The van der Waals surface area contributed by atoms with Crippen LogP contribution in [0.5, 0.6) is 5.75 Å². The second-order valence-corrected chi connectivity index (χ2v) is 6.14. The van der Waals surface area contributed by atoms with Crippen molar-refractivity contribution < 1.29 is 14.3 Å². The van der Waals surface area contributed by atoms with Gasteiger partial charge in [0.1, 0.15) is 5.75 Å². The third-order valence-electron chi connectivity index (χ3n) is 4.51. The van der Waals surface area contributed by atoms with E-state index in [0.717, 1.165) is 12.8 Å². The third-order valence-corrected chi connectivity index (χ3v) is 4.51. The number of rotatable bonds is 6. The molecule has 0 aromatic heterocycles. The van der Waals surface area contributed by atoms with Gasteiger partial charge in [0.25, 0.3) is 5.91 Å². The lowest BCUT2D eigenvalue weighted by Gasteiger charge is -2.25. The largest absolute Gasteiger partial charge is 0.484 e. The summed E-state index contributed by atoms with van der Waals surface area (Å²) in [5.74, 6) is 0.218. The highest BCUT2D eigenvalue weighted by atomic mass is 16.5. The minimum absolute atomic E-state index is 0.0217. The molecule has 1 unspecified atom stereocenters. The lowest BCUT2D eigenvalue weighted by atomic mass is 10.1. The summed E-state index contributed by atoms with van der Waals surface area (Å²) in [4.78, 5) is 26.0. The summed E-state index contributed by atoms with van der Waals surface area (Å²) < 4.78 is 5.37. The number of benzene rings is 2. The van der Waals surface area contributed by atoms with Crippen LogP contribution in [0.3, 0.4) is 0 Å². The summed E-state index contributed by atoms with van der Waals surface area (Å²) in [5.41, 5.74) is 2.50. The van der Waals surface area contributed by atoms with Gasteiger partial charge in [-0.1, -0.05) is 42.5 Å². The van der Waals surface area contributed by atoms with E-state index < -0.39 is 0 Å². The van der Waals surface area contributed by atoms with E-state index in [2.05, 4.69) is 17.4 Å². The molecular weight excluding hydrogens is 316 g/mol. The van der Waals surface area contributed by atoms with Gasteiger partial charge in [0, 0.05) is 7.05 Å². The number of para-hydroxylation sites is 1. The number of hydrogen-bond donors (Lipinski definition) is 1. The Balaban J connectivity index is 1.47. The first-order chi connectivity index (χ1) is 12.1. The van der Waals surface area contributed by atoms with E-state index in [0.29, 0.717) is 5.75 Å². The summed E-state index contributed by atoms with van der Waals surface area (Å²) in [7, 11) is 1.79. The second kappa shape index (κ2) is 7.83. The van der Waals surface area contributed by atoms with Crippen molar-refractivity contribution in [2.24, 2.45) is 0 Å². The molecule has 0 heterocycles. The van der Waals surface area contributed by atoms with Crippen LogP contribution in [0, 0.1) is 0 Å². The van der Waals surface area contributed by atoms with Gasteiger partial charge >= 0.3 is 0 Å². The standard InChI is InChI=1S/C20H22N2O3/c1-22(18-12-11-15-7-5-6-10-17(15)18)20(24)13-21-19(23)14-25-16-8-3-2-4-9-16/h2-10,18H,11-14H2,1H3,(H,21,23). The van der Waals surface area contributed by atoms with Crippen molar-refractivity contribution >= 4 is 11.8 Å². The van der Waals surface area contributed by atoms with E-state index in [9.17, 15) is 9.59 Å². The Morgan fingerprint density at radius 3 is 2.64 bits per heavy atom. The number of hydrogen-bond acceptors (Lipinski definition) is 3. The number of nitrogens with one attached hydrogen (secondary N) is 1. The van der Waals surface area contributed by atoms with E-state index in [1.54, 1.807) is 24.1 Å². The first-order valence-corrected chi connectivity index (χ1v) is 8.43. The van der Waals surface area contributed by atoms with Crippen LogP contribution in [0.1, 0.15) is 23.6 Å². The quantitative estimate of drug-likeness (QED) is 0.879. The first kappa shape index (κ1) is 17.0. The van der Waals surface area contributed by atoms with Gasteiger partial charge in [-0.15, -0.1) is 0 Å². The van der Waals surface area contributed by atoms with E-state index in [1.165, 1.54) is 11.1 Å². The van der Waals surface area contributed by atoms with E-state index >= 15 is 0 Å². The maximum absolute atomic E-state index is 12.4. The molecule has 0 fully saturated rings. The maximum Gasteiger partial charge on any atom is 0.258 e. The molecule has 5 heteroatoms. The molecule has 2 amide bonds. The van der Waals surface area contributed by atoms with Crippen molar-refractivity contribution in [1.29, 1.82) is 0 Å². The van der Waals surface area contributed by atoms with Crippen molar-refractivity contribution in [3.63, 3.8) is 0 Å². The Kier molecular flexibility index (Phi) is 5.33. The highest BCUT2D eigenvalue weighted by Crippen LogP contribution is 2.34. The Labute approximate surface area is 147 Å². The minimum Gasteiger partial charge on any atom is -0.484 e. The first-order valence-electron chi connectivity index (χ1n) is 8.43. The number of likely N-dealkylation sites (N-methyl/N-ethyl adjacent to an activating group) is 1. The molecule has 0 saturated carbocycles. The fourth-order valence-corrected chi connectivity index (χ4v) is 3.13. The van der Waals surface area contributed by atoms with Gasteiger partial charge in [-0.05, 0) is 36.1 Å². The molecule has 1 N–H and O–H groups in total. The zero-order valence-electron chi connectivity index (χ0n) is 14.3. The normalized spacial score (nSPS) is 15.3. The monoisotopic (exact) mass is 338 g/mol. The van der Waals surface area contributed by atoms with E-state index in [4.69, 9.17) is 4.74 Å². The van der Waals surface area contributed by atoms with E-state index in [-0.39, 0.29) is 31.0 Å². The number of carbonyl (C=O) groups excluding carboxylic acids is 2. The molecular formula is C20H22N2O3. The molecule has 2 aromatic rings. The molecule has 0 saturated heterocycles. The second-order valence-electron chi connectivity index (χ2n) is 6.14.